The van der Waals surface area contributed by atoms with E-state index in [-0.39, 0.29) is 12.6 Å². The predicted octanol–water partition coefficient (Wildman–Crippen LogP) is 0.705. The summed E-state index contributed by atoms with van der Waals surface area (Å²) in [7, 11) is 0. The number of nitrogens with one attached hydrogen (secondary N) is 1. The second kappa shape index (κ2) is 5.37. The third-order valence-electron chi connectivity index (χ3n) is 4.31. The van der Waals surface area contributed by atoms with Crippen molar-refractivity contribution < 1.29 is 10.2 Å². The first kappa shape index (κ1) is 14.4. The van der Waals surface area contributed by atoms with Gasteiger partial charge in [-0.2, -0.15) is 0 Å². The summed E-state index contributed by atoms with van der Waals surface area (Å²) in [6, 6.07) is 4.22. The number of allylic oxidation sites excluding steroid dienone is 1. The van der Waals surface area contributed by atoms with Crippen LogP contribution in [0.4, 0.5) is 11.4 Å². The highest BCUT2D eigenvalue weighted by Crippen LogP contribution is 2.26. The highest BCUT2D eigenvalue weighted by Gasteiger charge is 2.28. The highest BCUT2D eigenvalue weighted by atomic mass is 35.5. The van der Waals surface area contributed by atoms with Crippen LogP contribution in [0, 0.1) is 0 Å². The molecule has 0 radical (unpaired) electrons. The molecule has 2 aliphatic heterocycles. The molecule has 0 aliphatic carbocycles. The monoisotopic (exact) mass is 306 g/mol. The molecular weight excluding hydrogens is 288 g/mol. The number of rotatable bonds is 3. The first-order valence-electron chi connectivity index (χ1n) is 7.07. The van der Waals surface area contributed by atoms with Crippen LogP contribution in [0.3, 0.4) is 0 Å². The van der Waals surface area contributed by atoms with Crippen molar-refractivity contribution in [1.82, 2.24) is 0 Å². The number of fused-ring (bicyclic) bond motifs is 3. The van der Waals surface area contributed by atoms with Crippen LogP contribution in [0.25, 0.3) is 10.6 Å². The van der Waals surface area contributed by atoms with E-state index in [4.69, 9.17) is 16.7 Å². The number of benzene rings is 1. The minimum atomic E-state index is -0.750. The molecule has 2 heterocycles. The molecule has 2 aliphatic rings. The Balaban J connectivity index is 2.22. The number of aliphatic hydroxyl groups excluding tert-OH is 2. The fraction of sp³-hybridized carbons (Fsp3) is 0.375. The van der Waals surface area contributed by atoms with E-state index in [9.17, 15) is 5.11 Å². The van der Waals surface area contributed by atoms with E-state index < -0.39 is 6.10 Å². The van der Waals surface area contributed by atoms with Gasteiger partial charge in [0.1, 0.15) is 0 Å². The molecule has 0 spiro atoms. The van der Waals surface area contributed by atoms with E-state index in [0.717, 1.165) is 26.8 Å². The second-order valence-electron chi connectivity index (χ2n) is 5.56. The average Bonchev–Trinajstić information content (AvgIpc) is 2.72. The normalized spacial score (nSPS) is 21.2. The van der Waals surface area contributed by atoms with Gasteiger partial charge in [0.25, 0.3) is 0 Å². The Morgan fingerprint density at radius 1 is 1.38 bits per heavy atom. The largest absolute Gasteiger partial charge is 0.394 e. The molecule has 0 aromatic heterocycles. The molecular formula is C16H19ClN2O2. The van der Waals surface area contributed by atoms with Crippen molar-refractivity contribution in [3.63, 3.8) is 0 Å². The number of halogens is 1. The molecule has 3 N–H and O–H groups in total. The third-order valence-corrected chi connectivity index (χ3v) is 4.62. The Labute approximate surface area is 128 Å². The molecule has 4 nitrogen and oxygen atoms in total. The zero-order chi connectivity index (χ0) is 15.1. The topological polar surface area (TPSA) is 55.7 Å². The number of hydrogen-bond acceptors (Lipinski definition) is 4. The zero-order valence-electron chi connectivity index (χ0n) is 12.1. The van der Waals surface area contributed by atoms with Gasteiger partial charge < -0.3 is 20.4 Å². The van der Waals surface area contributed by atoms with Gasteiger partial charge >= 0.3 is 0 Å². The van der Waals surface area contributed by atoms with Gasteiger partial charge in [0.2, 0.25) is 0 Å². The average molecular weight is 307 g/mol. The SMILES string of the molecule is CC1=c2c(ccc3c2=C(Cl)C=CN3)N(CC(O)CO)[C@@H]1C. The molecule has 112 valence electrons. The van der Waals surface area contributed by atoms with Gasteiger partial charge in [-0.25, -0.2) is 0 Å². The third kappa shape index (κ3) is 2.24. The summed E-state index contributed by atoms with van der Waals surface area (Å²) >= 11 is 6.39. The standard InChI is InChI=1S/C16H19ClN2O2/c1-9-10(2)19(7-11(21)8-20)14-4-3-13-16(15(9)14)12(17)5-6-18-13/h3-6,10-11,18,20-21H,7-8H2,1-2H3/t10-,11?/m1/s1. The smallest absolute Gasteiger partial charge is 0.0945 e. The van der Waals surface area contributed by atoms with E-state index in [1.165, 1.54) is 5.57 Å². The molecule has 0 saturated carbocycles. The maximum absolute atomic E-state index is 9.78. The van der Waals surface area contributed by atoms with Gasteiger partial charge in [-0.1, -0.05) is 11.6 Å². The molecule has 0 fully saturated rings. The molecule has 2 atom stereocenters. The lowest BCUT2D eigenvalue weighted by Crippen LogP contribution is -2.39. The van der Waals surface area contributed by atoms with Crippen molar-refractivity contribution in [2.45, 2.75) is 26.0 Å². The van der Waals surface area contributed by atoms with Crippen LogP contribution >= 0.6 is 11.6 Å². The van der Waals surface area contributed by atoms with Gasteiger partial charge in [0, 0.05) is 40.6 Å². The lowest BCUT2D eigenvalue weighted by Gasteiger charge is -2.28. The van der Waals surface area contributed by atoms with Crippen molar-refractivity contribution in [2.24, 2.45) is 0 Å². The van der Waals surface area contributed by atoms with E-state index in [0.29, 0.717) is 6.54 Å². The molecule has 3 rings (SSSR count). The van der Waals surface area contributed by atoms with Gasteiger partial charge in [0.15, 0.2) is 0 Å². The molecule has 1 unspecified atom stereocenters. The van der Waals surface area contributed by atoms with Crippen LogP contribution in [0.15, 0.2) is 24.4 Å². The van der Waals surface area contributed by atoms with E-state index in [1.807, 2.05) is 24.4 Å². The van der Waals surface area contributed by atoms with Gasteiger partial charge in [-0.15, -0.1) is 0 Å². The van der Waals surface area contributed by atoms with Crippen molar-refractivity contribution in [3.8, 4) is 0 Å². The summed E-state index contributed by atoms with van der Waals surface area (Å²) in [5.74, 6) is 0. The first-order chi connectivity index (χ1) is 10.0. The summed E-state index contributed by atoms with van der Waals surface area (Å²) in [6.45, 7) is 4.37. The number of nitrogens with zero attached hydrogens (tertiary/aromatic N) is 1. The molecule has 5 heteroatoms. The predicted molar refractivity (Wildman–Crippen MR) is 86.7 cm³/mol. The molecule has 0 amide bonds. The maximum atomic E-state index is 9.78. The Kier molecular flexibility index (Phi) is 3.69. The summed E-state index contributed by atoms with van der Waals surface area (Å²) in [5, 5.41) is 25.0. The van der Waals surface area contributed by atoms with Crippen LogP contribution in [0.2, 0.25) is 0 Å². The summed E-state index contributed by atoms with van der Waals surface area (Å²) < 4.78 is 0. The minimum absolute atomic E-state index is 0.170. The molecule has 1 aromatic rings. The Hall–Kier alpha value is -1.49. The maximum Gasteiger partial charge on any atom is 0.0945 e. The molecule has 0 saturated heterocycles. The Morgan fingerprint density at radius 3 is 2.86 bits per heavy atom. The van der Waals surface area contributed by atoms with E-state index in [2.05, 4.69) is 24.1 Å². The highest BCUT2D eigenvalue weighted by molar-refractivity contribution is 6.47. The fourth-order valence-electron chi connectivity index (χ4n) is 3.08. The van der Waals surface area contributed by atoms with Crippen LogP contribution in [-0.2, 0) is 0 Å². The van der Waals surface area contributed by atoms with Crippen LogP contribution < -0.4 is 20.7 Å². The van der Waals surface area contributed by atoms with Crippen LogP contribution in [0.5, 0.6) is 0 Å². The quantitative estimate of drug-likeness (QED) is 0.770. The van der Waals surface area contributed by atoms with Crippen molar-refractivity contribution in [2.75, 3.05) is 23.4 Å². The van der Waals surface area contributed by atoms with Crippen molar-refractivity contribution in [1.29, 1.82) is 0 Å². The number of anilines is 2. The van der Waals surface area contributed by atoms with Gasteiger partial charge in [-0.05, 0) is 37.6 Å². The lowest BCUT2D eigenvalue weighted by atomic mass is 10.1. The van der Waals surface area contributed by atoms with Gasteiger partial charge in [0.05, 0.1) is 17.7 Å². The Morgan fingerprint density at radius 2 is 2.14 bits per heavy atom. The summed E-state index contributed by atoms with van der Waals surface area (Å²) in [5.41, 5.74) is 3.28. The Bertz CT molecular complexity index is 727. The van der Waals surface area contributed by atoms with E-state index in [1.54, 1.807) is 0 Å². The van der Waals surface area contributed by atoms with Crippen molar-refractivity contribution in [3.05, 3.63) is 34.8 Å². The number of hydrogen-bond donors (Lipinski definition) is 3. The van der Waals surface area contributed by atoms with Crippen LogP contribution in [0.1, 0.15) is 13.8 Å². The second-order valence-corrected chi connectivity index (χ2v) is 5.96. The first-order valence-corrected chi connectivity index (χ1v) is 7.44. The molecule has 1 aromatic carbocycles. The van der Waals surface area contributed by atoms with Crippen molar-refractivity contribution >= 4 is 33.6 Å². The minimum Gasteiger partial charge on any atom is -0.394 e. The molecule has 0 bridgehead atoms. The fourth-order valence-corrected chi connectivity index (χ4v) is 3.34. The number of β-amino-alcohol motifs (C(OH)–C–C–N with tert-alkyl or cyclic N) is 1. The summed E-state index contributed by atoms with van der Waals surface area (Å²) in [6.07, 6.45) is 2.94. The zero-order valence-corrected chi connectivity index (χ0v) is 12.9. The van der Waals surface area contributed by atoms with E-state index >= 15 is 0 Å². The lowest BCUT2D eigenvalue weighted by molar-refractivity contribution is 0.0994. The number of aliphatic hydroxyl groups is 2. The van der Waals surface area contributed by atoms with Gasteiger partial charge in [-0.3, -0.25) is 0 Å². The van der Waals surface area contributed by atoms with Crippen LogP contribution in [-0.4, -0.2) is 35.5 Å². The molecule has 21 heavy (non-hydrogen) atoms. The summed E-state index contributed by atoms with van der Waals surface area (Å²) in [4.78, 5) is 2.12.